The topological polar surface area (TPSA) is 69.8 Å². The first-order valence-corrected chi connectivity index (χ1v) is 8.03. The number of aromatic nitrogens is 5. The summed E-state index contributed by atoms with van der Waals surface area (Å²) in [6.07, 6.45) is 7.03. The maximum Gasteiger partial charge on any atom is 0.146 e. The van der Waals surface area contributed by atoms with Gasteiger partial charge in [0.25, 0.3) is 0 Å². The molecule has 1 aliphatic heterocycles. The van der Waals surface area contributed by atoms with Crippen LogP contribution in [-0.4, -0.2) is 37.7 Å². The lowest BCUT2D eigenvalue weighted by atomic mass is 9.97. The Morgan fingerprint density at radius 3 is 3.05 bits per heavy atom. The van der Waals surface area contributed by atoms with Crippen LogP contribution in [0.15, 0.2) is 18.7 Å². The van der Waals surface area contributed by atoms with E-state index < -0.39 is 0 Å². The highest BCUT2D eigenvalue weighted by atomic mass is 16.5. The molecule has 3 rings (SSSR count). The zero-order valence-corrected chi connectivity index (χ0v) is 13.3. The van der Waals surface area contributed by atoms with Crippen LogP contribution >= 0.6 is 0 Å². The lowest BCUT2D eigenvalue weighted by Crippen LogP contribution is -2.25. The summed E-state index contributed by atoms with van der Waals surface area (Å²) >= 11 is 0. The Balaban J connectivity index is 1.55. The molecule has 0 unspecified atom stereocenters. The Labute approximate surface area is 130 Å². The minimum absolute atomic E-state index is 0.150. The van der Waals surface area contributed by atoms with Crippen LogP contribution in [0.2, 0.25) is 0 Å². The molecule has 0 bridgehead atoms. The van der Waals surface area contributed by atoms with Crippen LogP contribution in [-0.2, 0) is 24.4 Å². The van der Waals surface area contributed by atoms with Gasteiger partial charge < -0.3 is 14.6 Å². The number of ether oxygens (including phenoxy) is 1. The minimum Gasteiger partial charge on any atom is -0.373 e. The van der Waals surface area contributed by atoms with E-state index in [1.165, 1.54) is 5.56 Å². The largest absolute Gasteiger partial charge is 0.373 e. The molecule has 1 saturated heterocycles. The van der Waals surface area contributed by atoms with Crippen LogP contribution in [0.25, 0.3) is 0 Å². The molecule has 3 heterocycles. The van der Waals surface area contributed by atoms with Gasteiger partial charge in [-0.2, -0.15) is 5.10 Å². The summed E-state index contributed by atoms with van der Waals surface area (Å²) in [5, 5.41) is 16.0. The number of nitrogens with zero attached hydrogens (tertiary/aromatic N) is 5. The van der Waals surface area contributed by atoms with Gasteiger partial charge in [0, 0.05) is 43.9 Å². The van der Waals surface area contributed by atoms with Gasteiger partial charge in [0.1, 0.15) is 12.2 Å². The van der Waals surface area contributed by atoms with Gasteiger partial charge in [0.05, 0.1) is 18.8 Å². The molecule has 1 fully saturated rings. The predicted octanol–water partition coefficient (Wildman–Crippen LogP) is 1.38. The van der Waals surface area contributed by atoms with Gasteiger partial charge in [-0.25, -0.2) is 0 Å². The summed E-state index contributed by atoms with van der Waals surface area (Å²) in [7, 11) is 0. The van der Waals surface area contributed by atoms with Crippen molar-refractivity contribution in [1.29, 1.82) is 0 Å². The van der Waals surface area contributed by atoms with E-state index in [-0.39, 0.29) is 6.10 Å². The summed E-state index contributed by atoms with van der Waals surface area (Å²) < 4.78 is 9.92. The molecule has 2 aromatic heterocycles. The quantitative estimate of drug-likeness (QED) is 0.837. The fourth-order valence-corrected chi connectivity index (χ4v) is 2.96. The van der Waals surface area contributed by atoms with Crippen molar-refractivity contribution in [2.45, 2.75) is 46.0 Å². The molecule has 7 heteroatoms. The highest BCUT2D eigenvalue weighted by Gasteiger charge is 2.30. The van der Waals surface area contributed by atoms with Gasteiger partial charge in [-0.1, -0.05) is 0 Å². The van der Waals surface area contributed by atoms with Crippen LogP contribution in [0.3, 0.4) is 0 Å². The Kier molecular flexibility index (Phi) is 4.84. The lowest BCUT2D eigenvalue weighted by Gasteiger charge is -2.17. The van der Waals surface area contributed by atoms with Crippen molar-refractivity contribution < 1.29 is 4.74 Å². The van der Waals surface area contributed by atoms with E-state index in [1.54, 1.807) is 6.33 Å². The smallest absolute Gasteiger partial charge is 0.146 e. The fourth-order valence-electron chi connectivity index (χ4n) is 2.96. The van der Waals surface area contributed by atoms with Crippen molar-refractivity contribution in [3.05, 3.63) is 30.1 Å². The Morgan fingerprint density at radius 1 is 1.36 bits per heavy atom. The molecule has 0 spiro atoms. The van der Waals surface area contributed by atoms with Crippen LogP contribution in [0, 0.1) is 5.92 Å². The van der Waals surface area contributed by atoms with Crippen LogP contribution in [0.4, 0.5) is 0 Å². The minimum atomic E-state index is 0.150. The summed E-state index contributed by atoms with van der Waals surface area (Å²) in [5.41, 5.74) is 1.18. The Bertz CT molecular complexity index is 592. The first-order chi connectivity index (χ1) is 10.8. The Morgan fingerprint density at radius 2 is 2.27 bits per heavy atom. The van der Waals surface area contributed by atoms with E-state index in [9.17, 15) is 0 Å². The summed E-state index contributed by atoms with van der Waals surface area (Å²) in [4.78, 5) is 0. The molecule has 2 aromatic rings. The molecule has 0 saturated carbocycles. The Hall–Kier alpha value is -1.73. The molecule has 1 N–H and O–H groups in total. The van der Waals surface area contributed by atoms with Crippen LogP contribution < -0.4 is 5.32 Å². The third kappa shape index (κ3) is 3.20. The molecule has 0 aliphatic carbocycles. The summed E-state index contributed by atoms with van der Waals surface area (Å²) in [6, 6.07) is 0. The van der Waals surface area contributed by atoms with Crippen LogP contribution in [0.1, 0.15) is 37.8 Å². The van der Waals surface area contributed by atoms with Gasteiger partial charge in [0.15, 0.2) is 0 Å². The average Bonchev–Trinajstić information content (AvgIpc) is 3.27. The van der Waals surface area contributed by atoms with Crippen molar-refractivity contribution in [2.75, 3.05) is 13.2 Å². The third-order valence-corrected chi connectivity index (χ3v) is 4.25. The standard InChI is InChI=1S/C15H24N6O/c1-3-20-11-17-19-14(20)9-16-7-12-5-6-22-15(12)13-8-18-21(4-2)10-13/h8,10-12,15-16H,3-7,9H2,1-2H3/t12-,15+/m1/s1. The number of rotatable bonds is 7. The van der Waals surface area contributed by atoms with Crippen LogP contribution in [0.5, 0.6) is 0 Å². The van der Waals surface area contributed by atoms with E-state index in [1.807, 2.05) is 10.9 Å². The normalized spacial score (nSPS) is 21.5. The molecule has 7 nitrogen and oxygen atoms in total. The van der Waals surface area contributed by atoms with Crippen molar-refractivity contribution >= 4 is 0 Å². The molecular weight excluding hydrogens is 280 g/mol. The van der Waals surface area contributed by atoms with Gasteiger partial charge in [-0.15, -0.1) is 10.2 Å². The second-order valence-electron chi connectivity index (χ2n) is 5.63. The number of hydrogen-bond acceptors (Lipinski definition) is 5. The second-order valence-corrected chi connectivity index (χ2v) is 5.63. The molecule has 1 aliphatic rings. The van der Waals surface area contributed by atoms with E-state index >= 15 is 0 Å². The van der Waals surface area contributed by atoms with Crippen molar-refractivity contribution in [3.8, 4) is 0 Å². The zero-order chi connectivity index (χ0) is 15.4. The average molecular weight is 304 g/mol. The van der Waals surface area contributed by atoms with E-state index in [4.69, 9.17) is 4.74 Å². The fraction of sp³-hybridized carbons (Fsp3) is 0.667. The highest BCUT2D eigenvalue weighted by Crippen LogP contribution is 2.33. The second kappa shape index (κ2) is 7.02. The molecule has 0 aromatic carbocycles. The number of aryl methyl sites for hydroxylation is 2. The maximum absolute atomic E-state index is 5.92. The summed E-state index contributed by atoms with van der Waals surface area (Å²) in [5.74, 6) is 1.46. The first-order valence-electron chi connectivity index (χ1n) is 8.03. The number of nitrogens with one attached hydrogen (secondary N) is 1. The SMILES string of the molecule is CCn1cc([C@H]2OCC[C@@H]2CNCc2nncn2CC)cn1. The van der Waals surface area contributed by atoms with Gasteiger partial charge >= 0.3 is 0 Å². The summed E-state index contributed by atoms with van der Waals surface area (Å²) in [6.45, 7) is 8.45. The molecule has 2 atom stereocenters. The van der Waals surface area contributed by atoms with Crippen molar-refractivity contribution in [3.63, 3.8) is 0 Å². The third-order valence-electron chi connectivity index (χ3n) is 4.25. The van der Waals surface area contributed by atoms with E-state index in [0.717, 1.165) is 45.0 Å². The molecular formula is C15H24N6O. The zero-order valence-electron chi connectivity index (χ0n) is 13.3. The van der Waals surface area contributed by atoms with Crippen molar-refractivity contribution in [2.24, 2.45) is 5.92 Å². The van der Waals surface area contributed by atoms with Gasteiger partial charge in [-0.3, -0.25) is 4.68 Å². The predicted molar refractivity (Wildman–Crippen MR) is 82.1 cm³/mol. The lowest BCUT2D eigenvalue weighted by molar-refractivity contribution is 0.0903. The maximum atomic E-state index is 5.92. The number of hydrogen-bond donors (Lipinski definition) is 1. The van der Waals surface area contributed by atoms with E-state index in [0.29, 0.717) is 5.92 Å². The monoisotopic (exact) mass is 304 g/mol. The molecule has 22 heavy (non-hydrogen) atoms. The van der Waals surface area contributed by atoms with Gasteiger partial charge in [0.2, 0.25) is 0 Å². The van der Waals surface area contributed by atoms with Crippen molar-refractivity contribution in [1.82, 2.24) is 29.9 Å². The molecule has 0 amide bonds. The molecule has 120 valence electrons. The van der Waals surface area contributed by atoms with E-state index in [2.05, 4.69) is 45.2 Å². The first kappa shape index (κ1) is 15.2. The molecule has 0 radical (unpaired) electrons. The highest BCUT2D eigenvalue weighted by molar-refractivity contribution is 5.11. The van der Waals surface area contributed by atoms with Gasteiger partial charge in [-0.05, 0) is 20.3 Å².